The minimum Gasteiger partial charge on any atom is -0.496 e. The van der Waals surface area contributed by atoms with Crippen LogP contribution in [0.5, 0.6) is 5.75 Å². The molecule has 0 aliphatic heterocycles. The minimum atomic E-state index is -5.08. The number of carboxylic acids is 1. The van der Waals surface area contributed by atoms with Crippen molar-refractivity contribution in [2.24, 2.45) is 16.6 Å². The third-order valence-corrected chi connectivity index (χ3v) is 8.78. The Labute approximate surface area is 278 Å². The Balaban J connectivity index is 0.00000107. The van der Waals surface area contributed by atoms with Crippen LogP contribution in [0, 0.1) is 12.8 Å². The van der Waals surface area contributed by atoms with E-state index in [1.807, 2.05) is 0 Å². The van der Waals surface area contributed by atoms with Gasteiger partial charge in [-0.2, -0.15) is 26.3 Å². The summed E-state index contributed by atoms with van der Waals surface area (Å²) in [5, 5.41) is 12.2. The molecule has 1 atom stereocenters. The van der Waals surface area contributed by atoms with Crippen LogP contribution in [0.2, 0.25) is 0 Å². The van der Waals surface area contributed by atoms with E-state index in [0.717, 1.165) is 51.3 Å². The second-order valence-corrected chi connectivity index (χ2v) is 12.9. The number of hydrogen-bond donors (Lipinski definition) is 5. The van der Waals surface area contributed by atoms with Crippen LogP contribution >= 0.6 is 0 Å². The van der Waals surface area contributed by atoms with Gasteiger partial charge in [-0.05, 0) is 61.7 Å². The lowest BCUT2D eigenvalue weighted by Gasteiger charge is -2.25. The van der Waals surface area contributed by atoms with Crippen molar-refractivity contribution in [3.8, 4) is 5.75 Å². The number of nitrogens with two attached hydrogens (primary N) is 1. The molecule has 3 rings (SSSR count). The van der Waals surface area contributed by atoms with E-state index in [0.29, 0.717) is 12.0 Å². The number of nitrogens with one attached hydrogen (secondary N) is 3. The van der Waals surface area contributed by atoms with Gasteiger partial charge < -0.3 is 20.9 Å². The van der Waals surface area contributed by atoms with Crippen molar-refractivity contribution in [1.82, 2.24) is 10.0 Å². The van der Waals surface area contributed by atoms with Gasteiger partial charge in [0, 0.05) is 5.69 Å². The number of rotatable bonds is 10. The van der Waals surface area contributed by atoms with Crippen molar-refractivity contribution >= 4 is 39.5 Å². The SMILES string of the molecule is CNS(=O)(=O)c1ccc(C)c(NC(=O)[C@@H](CC2CCCCC2)N=C(N)NC(=O)Cc2ccc(OC)c(C(F)(F)F)c2)c1.O=C(O)C(F)(F)F. The Kier molecular flexibility index (Phi) is 14.4. The summed E-state index contributed by atoms with van der Waals surface area (Å²) in [5.74, 6) is -4.54. The topological polar surface area (TPSA) is 189 Å². The van der Waals surface area contributed by atoms with Gasteiger partial charge in [0.1, 0.15) is 11.8 Å². The zero-order valence-electron chi connectivity index (χ0n) is 26.7. The fraction of sp³-hybridized carbons (Fsp3) is 0.467. The third-order valence-electron chi connectivity index (χ3n) is 7.37. The van der Waals surface area contributed by atoms with Crippen LogP contribution in [0.3, 0.4) is 0 Å². The largest absolute Gasteiger partial charge is 0.496 e. The molecule has 272 valence electrons. The number of amides is 2. The van der Waals surface area contributed by atoms with Gasteiger partial charge in [-0.25, -0.2) is 22.9 Å². The second-order valence-electron chi connectivity index (χ2n) is 11.0. The predicted octanol–water partition coefficient (Wildman–Crippen LogP) is 4.51. The Hall–Kier alpha value is -4.39. The highest BCUT2D eigenvalue weighted by Crippen LogP contribution is 2.37. The maximum absolute atomic E-state index is 13.4. The van der Waals surface area contributed by atoms with E-state index >= 15 is 0 Å². The maximum atomic E-state index is 13.4. The van der Waals surface area contributed by atoms with Gasteiger partial charge in [-0.1, -0.05) is 44.2 Å². The van der Waals surface area contributed by atoms with E-state index < -0.39 is 58.2 Å². The molecular formula is C30H37F6N5O7S. The molecule has 1 saturated carbocycles. The van der Waals surface area contributed by atoms with Gasteiger partial charge in [0.15, 0.2) is 5.96 Å². The monoisotopic (exact) mass is 725 g/mol. The molecule has 2 aromatic carbocycles. The molecule has 12 nitrogen and oxygen atoms in total. The Bertz CT molecular complexity index is 1630. The third kappa shape index (κ3) is 12.9. The summed E-state index contributed by atoms with van der Waals surface area (Å²) in [6.07, 6.45) is -4.90. The van der Waals surface area contributed by atoms with Crippen molar-refractivity contribution in [1.29, 1.82) is 0 Å². The van der Waals surface area contributed by atoms with Crippen molar-refractivity contribution < 1.29 is 59.0 Å². The average Bonchev–Trinajstić information content (AvgIpc) is 3.01. The lowest BCUT2D eigenvalue weighted by Crippen LogP contribution is -2.40. The smallest absolute Gasteiger partial charge is 0.490 e. The van der Waals surface area contributed by atoms with E-state index in [1.54, 1.807) is 13.0 Å². The number of carbonyl (C=O) groups excluding carboxylic acids is 2. The Morgan fingerprint density at radius 2 is 1.65 bits per heavy atom. The number of carbonyl (C=O) groups is 3. The van der Waals surface area contributed by atoms with Crippen LogP contribution in [0.25, 0.3) is 0 Å². The van der Waals surface area contributed by atoms with Crippen molar-refractivity contribution in [3.05, 3.63) is 53.1 Å². The highest BCUT2D eigenvalue weighted by molar-refractivity contribution is 7.89. The van der Waals surface area contributed by atoms with Gasteiger partial charge >= 0.3 is 18.3 Å². The fourth-order valence-electron chi connectivity index (χ4n) is 4.85. The molecule has 0 heterocycles. The predicted molar refractivity (Wildman–Crippen MR) is 166 cm³/mol. The number of anilines is 1. The molecule has 6 N–H and O–H groups in total. The highest BCUT2D eigenvalue weighted by atomic mass is 32.2. The van der Waals surface area contributed by atoms with Gasteiger partial charge in [0.25, 0.3) is 0 Å². The molecule has 1 aliphatic carbocycles. The Morgan fingerprint density at radius 1 is 1.04 bits per heavy atom. The lowest BCUT2D eigenvalue weighted by molar-refractivity contribution is -0.192. The summed E-state index contributed by atoms with van der Waals surface area (Å²) in [7, 11) is -1.35. The number of nitrogens with zero attached hydrogens (tertiary/aromatic N) is 1. The summed E-state index contributed by atoms with van der Waals surface area (Å²) in [6, 6.07) is 6.62. The number of guanidine groups is 1. The summed E-state index contributed by atoms with van der Waals surface area (Å²) >= 11 is 0. The number of aliphatic carboxylic acids is 1. The number of hydrogen-bond acceptors (Lipinski definition) is 7. The van der Waals surface area contributed by atoms with Gasteiger partial charge in [-0.15, -0.1) is 0 Å². The van der Waals surface area contributed by atoms with Crippen molar-refractivity contribution in [2.75, 3.05) is 19.5 Å². The number of methoxy groups -OCH3 is 1. The number of halogens is 6. The number of sulfonamides is 1. The zero-order chi connectivity index (χ0) is 37.2. The summed E-state index contributed by atoms with van der Waals surface area (Å²) in [6.45, 7) is 1.71. The first kappa shape index (κ1) is 40.8. The van der Waals surface area contributed by atoms with Crippen molar-refractivity contribution in [3.63, 3.8) is 0 Å². The average molecular weight is 726 g/mol. The highest BCUT2D eigenvalue weighted by Gasteiger charge is 2.38. The van der Waals surface area contributed by atoms with Crippen molar-refractivity contribution in [2.45, 2.75) is 75.2 Å². The van der Waals surface area contributed by atoms with Crippen LogP contribution in [-0.2, 0) is 37.0 Å². The first-order valence-electron chi connectivity index (χ1n) is 14.7. The molecule has 0 radical (unpaired) electrons. The molecule has 49 heavy (non-hydrogen) atoms. The molecule has 2 aromatic rings. The molecular weight excluding hydrogens is 688 g/mol. The van der Waals surface area contributed by atoms with Crippen LogP contribution in [0.15, 0.2) is 46.3 Å². The molecule has 0 aromatic heterocycles. The number of benzene rings is 2. The van der Waals surface area contributed by atoms with Crippen LogP contribution in [0.1, 0.15) is 55.2 Å². The standard InChI is InChI=1S/C28H36F3N5O5S.C2HF3O2/c1-17-9-11-20(42(39,40)33-2)16-22(17)34-26(38)23(14-18-7-5-4-6-8-18)35-27(32)36-25(37)15-19-10-12-24(41-3)21(13-19)28(29,30)31;3-2(4,5)1(6)7/h9-13,16,18,23,33H,4-8,14-15H2,1-3H3,(H,34,38)(H3,32,35,36,37);(H,6,7)/t23-;/m1./s1. The summed E-state index contributed by atoms with van der Waals surface area (Å²) < 4.78 is 103. The maximum Gasteiger partial charge on any atom is 0.490 e. The first-order valence-corrected chi connectivity index (χ1v) is 16.2. The van der Waals surface area contributed by atoms with Gasteiger partial charge in [-0.3, -0.25) is 14.9 Å². The second kappa shape index (κ2) is 17.3. The van der Waals surface area contributed by atoms with E-state index in [2.05, 4.69) is 20.3 Å². The number of aryl methyl sites for hydroxylation is 1. The molecule has 1 aliphatic rings. The van der Waals surface area contributed by atoms with Crippen LogP contribution in [-0.4, -0.2) is 63.6 Å². The summed E-state index contributed by atoms with van der Waals surface area (Å²) in [5.41, 5.74) is 5.96. The molecule has 2 amide bonds. The first-order chi connectivity index (χ1) is 22.7. The number of aliphatic imine (C=N–C) groups is 1. The van der Waals surface area contributed by atoms with E-state index in [4.69, 9.17) is 20.4 Å². The van der Waals surface area contributed by atoms with E-state index in [1.165, 1.54) is 25.2 Å². The normalized spacial score (nSPS) is 15.0. The lowest BCUT2D eigenvalue weighted by atomic mass is 9.84. The van der Waals surface area contributed by atoms with Crippen LogP contribution in [0.4, 0.5) is 32.0 Å². The number of ether oxygens (including phenoxy) is 1. The summed E-state index contributed by atoms with van der Waals surface area (Å²) in [4.78, 5) is 39.2. The molecule has 0 bridgehead atoms. The molecule has 0 unspecified atom stereocenters. The van der Waals surface area contributed by atoms with Gasteiger partial charge in [0.2, 0.25) is 21.8 Å². The van der Waals surface area contributed by atoms with E-state index in [-0.39, 0.29) is 33.8 Å². The fourth-order valence-corrected chi connectivity index (χ4v) is 5.61. The number of carboxylic acid groups (broad SMARTS) is 1. The van der Waals surface area contributed by atoms with Gasteiger partial charge in [0.05, 0.1) is 24.0 Å². The van der Waals surface area contributed by atoms with Crippen LogP contribution < -0.4 is 25.8 Å². The Morgan fingerprint density at radius 3 is 2.18 bits per heavy atom. The number of alkyl halides is 6. The zero-order valence-corrected chi connectivity index (χ0v) is 27.5. The quantitative estimate of drug-likeness (QED) is 0.134. The molecule has 19 heteroatoms. The van der Waals surface area contributed by atoms with E-state index in [9.17, 15) is 44.3 Å². The molecule has 0 saturated heterocycles. The minimum absolute atomic E-state index is 0.0304. The molecule has 1 fully saturated rings. The molecule has 0 spiro atoms.